The summed E-state index contributed by atoms with van der Waals surface area (Å²) in [5.74, 6) is 1.14. The second-order valence-electron chi connectivity index (χ2n) is 5.46. The monoisotopic (exact) mass is 547 g/mol. The number of aromatic hydroxyl groups is 1. The van der Waals surface area contributed by atoms with Crippen molar-refractivity contribution in [1.29, 1.82) is 0 Å². The summed E-state index contributed by atoms with van der Waals surface area (Å²) in [6.07, 6.45) is 2.99. The van der Waals surface area contributed by atoms with Crippen LogP contribution in [0.25, 0.3) is 0 Å². The summed E-state index contributed by atoms with van der Waals surface area (Å²) in [5.41, 5.74) is 1.94. The first-order valence-electron chi connectivity index (χ1n) is 7.58. The minimum Gasteiger partial charge on any atom is 1.00 e. The summed E-state index contributed by atoms with van der Waals surface area (Å²) in [7, 11) is 4.20. The second-order valence-corrected chi connectivity index (χ2v) is 6.19. The summed E-state index contributed by atoms with van der Waals surface area (Å²) in [6, 6.07) is 3.59. The fourth-order valence-corrected chi connectivity index (χ4v) is 2.65. The standard InChI is InChI=1S/C15H16N8OS2.ClH.2Cu/c1-8-4-11(6-16-22-9(2)18-20-14(22)25)13(24)12(5-8)7-17-23-10(3)19-21-15(23)26;;;/h4-7,24H,1-3H3,(H,20,25)(H,21,26);1H;;/q;;+1;+2/p-3/b16-6+,17-7+;;;. The van der Waals surface area contributed by atoms with E-state index in [0.717, 1.165) is 5.56 Å². The van der Waals surface area contributed by atoms with E-state index in [9.17, 15) is 5.11 Å². The predicted octanol–water partition coefficient (Wildman–Crippen LogP) is 1.76. The molecule has 0 saturated heterocycles. The Labute approximate surface area is 201 Å². The molecule has 0 bridgehead atoms. The fourth-order valence-electron chi connectivity index (χ4n) is 2.21. The topological polar surface area (TPSA) is 106 Å². The maximum absolute atomic E-state index is 10.5. The van der Waals surface area contributed by atoms with Crippen LogP contribution < -0.4 is 0 Å². The van der Waals surface area contributed by atoms with Gasteiger partial charge in [0.05, 0.1) is 12.4 Å². The quantitative estimate of drug-likeness (QED) is 0.301. The molecule has 29 heavy (non-hydrogen) atoms. The Morgan fingerprint density at radius 3 is 1.59 bits per heavy atom. The van der Waals surface area contributed by atoms with Crippen LogP contribution in [0.15, 0.2) is 32.6 Å². The fraction of sp³-hybridized carbons (Fsp3) is 0.200. The predicted molar refractivity (Wildman–Crippen MR) is 105 cm³/mol. The average molecular weight is 549 g/mol. The molecule has 1 N–H and O–H groups in total. The number of phenolic OH excluding ortho intramolecular Hbond substituents is 1. The largest absolute Gasteiger partial charge is 1.00 e. The van der Waals surface area contributed by atoms with Gasteiger partial charge in [-0.05, 0) is 38.5 Å². The molecule has 14 heteroatoms. The van der Waals surface area contributed by atoms with Crippen LogP contribution in [0.3, 0.4) is 0 Å². The zero-order valence-corrected chi connectivity index (χ0v) is 19.4. The van der Waals surface area contributed by atoms with Crippen molar-refractivity contribution in [1.82, 2.24) is 29.7 Å². The number of aromatic nitrogens is 6. The van der Waals surface area contributed by atoms with Crippen molar-refractivity contribution in [3.63, 3.8) is 0 Å². The van der Waals surface area contributed by atoms with Gasteiger partial charge in [0.2, 0.25) is 0 Å². The van der Waals surface area contributed by atoms with Crippen LogP contribution in [0.1, 0.15) is 28.3 Å². The van der Waals surface area contributed by atoms with E-state index in [1.54, 1.807) is 26.0 Å². The Morgan fingerprint density at radius 2 is 1.28 bits per heavy atom. The molecular formula is C15H14ClCu2N8OS2. The van der Waals surface area contributed by atoms with Crippen LogP contribution in [0.4, 0.5) is 0 Å². The molecule has 0 radical (unpaired) electrons. The second kappa shape index (κ2) is 11.6. The number of hydrogen-bond donors (Lipinski definition) is 1. The molecule has 0 aliphatic rings. The van der Waals surface area contributed by atoms with Gasteiger partial charge in [0.25, 0.3) is 0 Å². The number of benzene rings is 1. The number of rotatable bonds is 4. The maximum Gasteiger partial charge on any atom is 1.00 e. The van der Waals surface area contributed by atoms with Crippen LogP contribution in [0.2, 0.25) is 0 Å². The van der Waals surface area contributed by atoms with Gasteiger partial charge in [-0.3, -0.25) is 0 Å². The van der Waals surface area contributed by atoms with E-state index in [2.05, 4.69) is 55.8 Å². The molecule has 0 saturated carbocycles. The third-order valence-corrected chi connectivity index (χ3v) is 3.98. The Bertz CT molecular complexity index is 921. The first-order chi connectivity index (χ1) is 13.4. The van der Waals surface area contributed by atoms with Gasteiger partial charge < -0.3 is 30.4 Å². The van der Waals surface area contributed by atoms with E-state index in [4.69, 9.17) is 25.3 Å². The summed E-state index contributed by atoms with van der Waals surface area (Å²) in [6.45, 7) is 5.38. The summed E-state index contributed by atoms with van der Waals surface area (Å²) >= 11 is 13.8. The molecule has 3 rings (SSSR count). The van der Waals surface area contributed by atoms with Gasteiger partial charge in [0.1, 0.15) is 17.4 Å². The van der Waals surface area contributed by atoms with Gasteiger partial charge in [-0.15, -0.1) is 10.2 Å². The molecule has 2 heterocycles. The smallest absolute Gasteiger partial charge is 1.00 e. The number of halogens is 1. The molecule has 0 fully saturated rings. The van der Waals surface area contributed by atoms with Crippen molar-refractivity contribution < 1.29 is 37.3 Å². The molecule has 9 nitrogen and oxygen atoms in total. The van der Waals surface area contributed by atoms with Gasteiger partial charge in [-0.2, -0.15) is 20.4 Å². The third kappa shape index (κ3) is 6.19. The van der Waals surface area contributed by atoms with E-state index in [-0.39, 0.29) is 33.1 Å². The van der Waals surface area contributed by atoms with E-state index < -0.39 is 0 Å². The zero-order valence-electron chi connectivity index (χ0n) is 15.1. The number of hydrogen-bond acceptors (Lipinski definition) is 9. The molecular weight excluding hydrogens is 535 g/mol. The molecule has 0 spiro atoms. The van der Waals surface area contributed by atoms with Crippen LogP contribution in [-0.4, -0.2) is 47.3 Å². The van der Waals surface area contributed by atoms with Gasteiger partial charge in [-0.1, -0.05) is 0 Å². The van der Waals surface area contributed by atoms with Gasteiger partial charge in [0, 0.05) is 21.4 Å². The number of nitrogens with zero attached hydrogens (tertiary/aromatic N) is 8. The van der Waals surface area contributed by atoms with Crippen molar-refractivity contribution in [3.05, 3.63) is 40.5 Å². The summed E-state index contributed by atoms with van der Waals surface area (Å²) in [5, 5.41) is 34.7. The van der Waals surface area contributed by atoms with Crippen LogP contribution in [-0.2, 0) is 57.4 Å². The Hall–Kier alpha value is -1.59. The third-order valence-electron chi connectivity index (χ3n) is 3.47. The van der Waals surface area contributed by atoms with Crippen LogP contribution in [0.5, 0.6) is 5.75 Å². The molecule has 1 aromatic carbocycles. The van der Waals surface area contributed by atoms with Crippen molar-refractivity contribution in [2.45, 2.75) is 31.1 Å². The normalized spacial score (nSPS) is 10.8. The number of aryl methyl sites for hydroxylation is 3. The van der Waals surface area contributed by atoms with Crippen molar-refractivity contribution in [3.8, 4) is 5.75 Å². The van der Waals surface area contributed by atoms with E-state index in [1.807, 2.05) is 6.92 Å². The molecule has 0 aliphatic carbocycles. The van der Waals surface area contributed by atoms with Crippen molar-refractivity contribution in [2.24, 2.45) is 10.2 Å². The minimum atomic E-state index is 0. The zero-order chi connectivity index (χ0) is 20.8. The molecule has 161 valence electrons. The molecule has 0 unspecified atom stereocenters. The first kappa shape index (κ1) is 25.4. The first-order valence-corrected chi connectivity index (χ1v) is 9.70. The van der Waals surface area contributed by atoms with Gasteiger partial charge in [0.15, 0.2) is 0 Å². The van der Waals surface area contributed by atoms with Crippen LogP contribution in [0, 0.1) is 20.8 Å². The van der Waals surface area contributed by atoms with Gasteiger partial charge >= 0.3 is 42.3 Å². The molecule has 0 atom stereocenters. The Kier molecular flexibility index (Phi) is 10.1. The summed E-state index contributed by atoms with van der Waals surface area (Å²) < 4.78 is 2.82. The Balaban J connectivity index is 0.00000136. The van der Waals surface area contributed by atoms with Crippen LogP contribution >= 0.6 is 10.1 Å². The SMILES string of the molecule is Cc1cc(/C=N/n2c(C)nnc2[S-])c(O)c(/C=N/n2c(C)nnc2[S-])c1.[Cl][Cu+].[Cu+]. The molecule has 3 aromatic rings. The molecule has 0 amide bonds. The number of phenols is 1. The Morgan fingerprint density at radius 1 is 0.897 bits per heavy atom. The molecule has 0 aliphatic heterocycles. The van der Waals surface area contributed by atoms with Crippen molar-refractivity contribution in [2.75, 3.05) is 0 Å². The van der Waals surface area contributed by atoms with E-state index >= 15 is 0 Å². The van der Waals surface area contributed by atoms with E-state index in [0.29, 0.717) is 22.8 Å². The van der Waals surface area contributed by atoms with Gasteiger partial charge in [-0.25, -0.2) is 9.35 Å². The average Bonchev–Trinajstić information content (AvgIpc) is 3.17. The molecule has 2 aromatic heterocycles. The maximum atomic E-state index is 10.5. The van der Waals surface area contributed by atoms with Crippen molar-refractivity contribution >= 4 is 47.8 Å². The van der Waals surface area contributed by atoms with E-state index in [1.165, 1.54) is 21.8 Å². The summed E-state index contributed by atoms with van der Waals surface area (Å²) in [4.78, 5) is 0. The minimum absolute atomic E-state index is 0.